The SMILES string of the molecule is COCCCOc1cc(C[C@@H](C[C@H](N)[C@@H](O)C[C@H](C(=O)NCC(C)(C)C(N)=O)C(C)C)C(C)C)ccc1OC.COCCCOc1cc(C[C@@H](C[C@H](N)[C@@H](O)C[C@H](C(=O)NCC(C)(C)C(N)=O)C(C)C)C(C)C)ccc1OC.Cc1c(C(=O)NN2CCCCC2)nn(-c2ccc(Cl)cc2Cl)c1-c1ccc(Cl)cc1.O=C(O)/C=C/C(=O)O. The number of halogens is 3. The van der Waals surface area contributed by atoms with Gasteiger partial charge in [-0.1, -0.05) is 121 Å². The molecule has 6 rings (SSSR count). The molecular formula is C86H131Cl3N10O17. The number of rotatable bonds is 44. The Labute approximate surface area is 701 Å². The first-order valence-electron chi connectivity index (χ1n) is 39.6. The molecule has 0 unspecified atom stereocenters. The average molecular weight is 1680 g/mol. The minimum atomic E-state index is -1.26. The number of piperidine rings is 1. The van der Waals surface area contributed by atoms with E-state index in [0.717, 1.165) is 79.6 Å². The number of aliphatic hydroxyl groups excluding tert-OH is 2. The van der Waals surface area contributed by atoms with E-state index in [0.29, 0.717) is 113 Å². The van der Waals surface area contributed by atoms with Crippen molar-refractivity contribution >= 4 is 76.3 Å². The number of nitrogens with one attached hydrogen (secondary N) is 3. The van der Waals surface area contributed by atoms with Crippen molar-refractivity contribution in [3.8, 4) is 39.9 Å². The summed E-state index contributed by atoms with van der Waals surface area (Å²) in [6, 6.07) is 23.6. The largest absolute Gasteiger partial charge is 0.493 e. The van der Waals surface area contributed by atoms with Crippen LogP contribution < -0.4 is 57.9 Å². The minimum Gasteiger partial charge on any atom is -0.493 e. The lowest BCUT2D eigenvalue weighted by atomic mass is 9.80. The van der Waals surface area contributed by atoms with Gasteiger partial charge in [-0.15, -0.1) is 0 Å². The van der Waals surface area contributed by atoms with Crippen LogP contribution in [0.4, 0.5) is 0 Å². The molecule has 8 atom stereocenters. The number of primary amides is 2. The number of aromatic nitrogens is 2. The van der Waals surface area contributed by atoms with Crippen molar-refractivity contribution in [1.29, 1.82) is 0 Å². The molecule has 648 valence electrons. The van der Waals surface area contributed by atoms with Gasteiger partial charge in [0.05, 0.1) is 66.9 Å². The highest BCUT2D eigenvalue weighted by atomic mass is 35.5. The number of hydrazine groups is 1. The predicted molar refractivity (Wildman–Crippen MR) is 455 cm³/mol. The molecule has 0 saturated carbocycles. The van der Waals surface area contributed by atoms with Crippen molar-refractivity contribution in [2.45, 2.75) is 185 Å². The van der Waals surface area contributed by atoms with Gasteiger partial charge in [0.25, 0.3) is 5.91 Å². The number of carboxylic acids is 2. The fourth-order valence-corrected chi connectivity index (χ4v) is 13.2. The van der Waals surface area contributed by atoms with E-state index in [4.69, 9.17) is 96.4 Å². The van der Waals surface area contributed by atoms with Gasteiger partial charge in [-0.25, -0.2) is 19.3 Å². The van der Waals surface area contributed by atoms with E-state index < -0.39 is 70.7 Å². The predicted octanol–water partition coefficient (Wildman–Crippen LogP) is 12.2. The number of carbonyl (C=O) groups is 7. The van der Waals surface area contributed by atoms with Crippen LogP contribution in [-0.2, 0) is 51.1 Å². The summed E-state index contributed by atoms with van der Waals surface area (Å²) in [5.41, 5.74) is 30.8. The lowest BCUT2D eigenvalue weighted by molar-refractivity contribution is -0.134. The van der Waals surface area contributed by atoms with E-state index in [2.05, 4.69) is 48.9 Å². The van der Waals surface area contributed by atoms with Crippen LogP contribution in [-0.4, -0.2) is 182 Å². The number of nitrogens with zero attached hydrogens (tertiary/aromatic N) is 3. The number of methoxy groups -OCH3 is 4. The van der Waals surface area contributed by atoms with E-state index in [1.54, 1.807) is 79.0 Å². The third-order valence-corrected chi connectivity index (χ3v) is 21.4. The topological polar surface area (TPSA) is 417 Å². The van der Waals surface area contributed by atoms with E-state index in [9.17, 15) is 43.8 Å². The summed E-state index contributed by atoms with van der Waals surface area (Å²) < 4.78 is 34.7. The summed E-state index contributed by atoms with van der Waals surface area (Å²) in [5.74, 6) is -1.16. The number of benzene rings is 4. The number of hydrogen-bond acceptors (Lipinski definition) is 19. The van der Waals surface area contributed by atoms with Crippen molar-refractivity contribution in [2.24, 2.45) is 81.1 Å². The van der Waals surface area contributed by atoms with Gasteiger partial charge in [0, 0.05) is 124 Å². The smallest absolute Gasteiger partial charge is 0.328 e. The summed E-state index contributed by atoms with van der Waals surface area (Å²) >= 11 is 18.6. The van der Waals surface area contributed by atoms with Crippen LogP contribution in [0.15, 0.2) is 91.0 Å². The van der Waals surface area contributed by atoms with Crippen LogP contribution in [0.2, 0.25) is 15.1 Å². The maximum absolute atomic E-state index is 13.1. The molecule has 0 radical (unpaired) electrons. The summed E-state index contributed by atoms with van der Waals surface area (Å²) in [6.07, 6.45) is 7.57. The van der Waals surface area contributed by atoms with E-state index in [1.807, 2.05) is 100 Å². The van der Waals surface area contributed by atoms with E-state index in [1.165, 1.54) is 6.42 Å². The quantitative estimate of drug-likeness (QED) is 0.0127. The van der Waals surface area contributed by atoms with E-state index in [-0.39, 0.29) is 67.3 Å². The standard InChI is InChI=1S/2C30H53N3O6.C22H21Cl3N4O.C4H4O4/c2*1-19(2)22(14-21-10-11-26(38-8)27(15-21)39-13-9-12-37-7)16-24(31)25(34)17-23(20(3)4)28(35)33-18-30(5,6)29(32)36;1-14-20(22(30)27-28-11-3-2-4-12-28)26-29(19-10-9-17(24)13-18(19)25)21(14)15-5-7-16(23)8-6-15;5-3(6)1-2-4(7)8/h2*10-11,15,19-20,22-25,34H,9,12-14,16-18,31H2,1-8H3,(H2,32,36)(H,33,35);5-10,13H,2-4,11-12H2,1H3,(H,27,30);1-2H,(H,5,6)(H,7,8)/b;;;2-1+/t2*22-,23-,24-,25-;;/m00../s1. The first-order chi connectivity index (χ1) is 54.5. The highest BCUT2D eigenvalue weighted by molar-refractivity contribution is 6.35. The van der Waals surface area contributed by atoms with Crippen LogP contribution in [0, 0.1) is 65.1 Å². The summed E-state index contributed by atoms with van der Waals surface area (Å²) in [5, 5.41) is 51.6. The van der Waals surface area contributed by atoms with Gasteiger partial charge < -0.3 is 82.4 Å². The summed E-state index contributed by atoms with van der Waals surface area (Å²) in [4.78, 5) is 81.3. The number of amides is 5. The van der Waals surface area contributed by atoms with Gasteiger partial charge in [-0.05, 0) is 187 Å². The minimum absolute atomic E-state index is 0.00829. The Bertz CT molecular complexity index is 3750. The molecule has 1 aliphatic heterocycles. The zero-order valence-corrected chi connectivity index (χ0v) is 73.2. The second-order valence-electron chi connectivity index (χ2n) is 32.1. The molecule has 1 fully saturated rings. The third kappa shape index (κ3) is 35.2. The third-order valence-electron chi connectivity index (χ3n) is 20.6. The molecule has 30 heteroatoms. The van der Waals surface area contributed by atoms with Gasteiger partial charge in [-0.2, -0.15) is 5.10 Å². The molecule has 1 aliphatic rings. The Kier molecular flexibility index (Phi) is 45.1. The van der Waals surface area contributed by atoms with Gasteiger partial charge in [0.2, 0.25) is 23.6 Å². The van der Waals surface area contributed by atoms with Gasteiger partial charge in [0.1, 0.15) is 0 Å². The number of nitrogens with two attached hydrogens (primary N) is 4. The van der Waals surface area contributed by atoms with Gasteiger partial charge >= 0.3 is 11.9 Å². The highest BCUT2D eigenvalue weighted by Crippen LogP contribution is 2.37. The molecule has 27 nitrogen and oxygen atoms in total. The lowest BCUT2D eigenvalue weighted by Crippen LogP contribution is -2.46. The van der Waals surface area contributed by atoms with Crippen LogP contribution in [0.3, 0.4) is 0 Å². The molecule has 1 aromatic heterocycles. The Hall–Kier alpha value is -8.09. The number of carbonyl (C=O) groups excluding carboxylic acids is 5. The zero-order chi connectivity index (χ0) is 87.3. The molecule has 116 heavy (non-hydrogen) atoms. The van der Waals surface area contributed by atoms with Crippen molar-refractivity contribution in [1.82, 2.24) is 30.8 Å². The number of aliphatic carboxylic acids is 2. The Balaban J connectivity index is 0.000000431. The van der Waals surface area contributed by atoms with Crippen molar-refractivity contribution in [3.63, 3.8) is 0 Å². The first kappa shape index (κ1) is 102. The fraction of sp³-hybridized carbons (Fsp3) is 0.581. The molecule has 0 aliphatic carbocycles. The molecular weight excluding hydrogens is 1550 g/mol. The summed E-state index contributed by atoms with van der Waals surface area (Å²) in [6.45, 7) is 29.3. The summed E-state index contributed by atoms with van der Waals surface area (Å²) in [7, 11) is 6.58. The lowest BCUT2D eigenvalue weighted by Gasteiger charge is -2.30. The molecule has 15 N–H and O–H groups in total. The molecule has 0 spiro atoms. The van der Waals surface area contributed by atoms with Crippen molar-refractivity contribution < 1.29 is 82.4 Å². The Morgan fingerprint density at radius 3 is 1.33 bits per heavy atom. The van der Waals surface area contributed by atoms with Crippen LogP contribution in [0.5, 0.6) is 23.0 Å². The maximum Gasteiger partial charge on any atom is 0.328 e. The number of aliphatic hydroxyl groups is 2. The number of hydrogen-bond donors (Lipinski definition) is 11. The second-order valence-corrected chi connectivity index (χ2v) is 33.4. The average Bonchev–Trinajstić information content (AvgIpc) is 1.62. The van der Waals surface area contributed by atoms with E-state index >= 15 is 0 Å². The monoisotopic (exact) mass is 1680 g/mol. The van der Waals surface area contributed by atoms with Gasteiger partial charge in [-0.3, -0.25) is 29.4 Å². The molecule has 5 aromatic rings. The van der Waals surface area contributed by atoms with Crippen LogP contribution in [0.25, 0.3) is 16.9 Å². The normalized spacial score (nSPS) is 14.6. The zero-order valence-electron chi connectivity index (χ0n) is 70.9. The van der Waals surface area contributed by atoms with Crippen molar-refractivity contribution in [2.75, 3.05) is 81.0 Å². The Morgan fingerprint density at radius 2 is 0.966 bits per heavy atom. The molecule has 2 heterocycles. The van der Waals surface area contributed by atoms with Crippen LogP contribution in [0.1, 0.15) is 168 Å². The highest BCUT2D eigenvalue weighted by Gasteiger charge is 2.35. The molecule has 1 saturated heterocycles. The number of carboxylic acid groups (broad SMARTS) is 2. The maximum atomic E-state index is 13.1. The second kappa shape index (κ2) is 51.3. The Morgan fingerprint density at radius 1 is 0.552 bits per heavy atom. The van der Waals surface area contributed by atoms with Crippen molar-refractivity contribution in [3.05, 3.63) is 128 Å². The first-order valence-corrected chi connectivity index (χ1v) is 40.8. The molecule has 5 amide bonds. The van der Waals surface area contributed by atoms with Gasteiger partial charge in [0.15, 0.2) is 28.7 Å². The fourth-order valence-electron chi connectivity index (χ4n) is 12.6. The number of ether oxygens (including phenoxy) is 6. The molecule has 4 aromatic carbocycles. The van der Waals surface area contributed by atoms with Crippen LogP contribution >= 0.6 is 34.8 Å². The molecule has 0 bridgehead atoms.